The Kier molecular flexibility index (Phi) is 4.71. The van der Waals surface area contributed by atoms with Crippen LogP contribution in [0.2, 0.25) is 0 Å². The van der Waals surface area contributed by atoms with Crippen LogP contribution in [0.15, 0.2) is 53.1 Å². The summed E-state index contributed by atoms with van der Waals surface area (Å²) in [6, 6.07) is 15.4. The fraction of sp³-hybridized carbons (Fsp3) is 0.389. The summed E-state index contributed by atoms with van der Waals surface area (Å²) in [6.07, 6.45) is 4.30. The molecule has 0 amide bonds. The molecular weight excluding hydrogens is 324 g/mol. The molecule has 0 saturated heterocycles. The van der Waals surface area contributed by atoms with E-state index in [1.54, 1.807) is 0 Å². The third-order valence-corrected chi connectivity index (χ3v) is 4.65. The zero-order valence-electron chi connectivity index (χ0n) is 12.3. The van der Waals surface area contributed by atoms with Gasteiger partial charge in [0.1, 0.15) is 0 Å². The number of rotatable bonds is 6. The van der Waals surface area contributed by atoms with Gasteiger partial charge in [-0.15, -0.1) is 0 Å². The van der Waals surface area contributed by atoms with E-state index in [-0.39, 0.29) is 0 Å². The lowest BCUT2D eigenvalue weighted by Crippen LogP contribution is -2.25. The first-order valence-corrected chi connectivity index (χ1v) is 8.48. The Morgan fingerprint density at radius 1 is 1.24 bits per heavy atom. The number of nitrogens with zero attached hydrogens (tertiary/aromatic N) is 1. The molecule has 2 nitrogen and oxygen atoms in total. The number of halogens is 1. The molecule has 1 heterocycles. The van der Waals surface area contributed by atoms with E-state index in [1.165, 1.54) is 12.0 Å². The molecule has 3 rings (SSSR count). The van der Waals surface area contributed by atoms with Gasteiger partial charge in [0.05, 0.1) is 11.7 Å². The largest absolute Gasteiger partial charge is 0.308 e. The van der Waals surface area contributed by atoms with E-state index in [9.17, 15) is 0 Å². The third-order valence-electron chi connectivity index (χ3n) is 4.18. The van der Waals surface area contributed by atoms with Gasteiger partial charge in [-0.2, -0.15) is 0 Å². The van der Waals surface area contributed by atoms with Crippen LogP contribution in [0.4, 0.5) is 0 Å². The lowest BCUT2D eigenvalue weighted by atomic mass is 10.0. The van der Waals surface area contributed by atoms with Crippen LogP contribution in [-0.2, 0) is 0 Å². The summed E-state index contributed by atoms with van der Waals surface area (Å²) in [5.74, 6) is 1.33. The maximum Gasteiger partial charge on any atom is 0.0577 e. The molecule has 1 N–H and O–H groups in total. The van der Waals surface area contributed by atoms with Crippen LogP contribution in [-0.4, -0.2) is 11.5 Å². The van der Waals surface area contributed by atoms with Crippen molar-refractivity contribution in [1.29, 1.82) is 0 Å². The van der Waals surface area contributed by atoms with Crippen molar-refractivity contribution in [2.75, 3.05) is 6.54 Å². The Labute approximate surface area is 135 Å². The summed E-state index contributed by atoms with van der Waals surface area (Å²) >= 11 is 3.47. The van der Waals surface area contributed by atoms with Crippen molar-refractivity contribution in [2.45, 2.75) is 31.7 Å². The highest BCUT2D eigenvalue weighted by molar-refractivity contribution is 9.10. The Balaban J connectivity index is 1.76. The Hall–Kier alpha value is -1.19. The van der Waals surface area contributed by atoms with Gasteiger partial charge in [0, 0.05) is 10.7 Å². The minimum atomic E-state index is 0.364. The van der Waals surface area contributed by atoms with Gasteiger partial charge >= 0.3 is 0 Å². The zero-order valence-corrected chi connectivity index (χ0v) is 13.9. The van der Waals surface area contributed by atoms with E-state index in [0.29, 0.717) is 17.9 Å². The van der Waals surface area contributed by atoms with Gasteiger partial charge in [0.15, 0.2) is 0 Å². The summed E-state index contributed by atoms with van der Waals surface area (Å²) < 4.78 is 1.04. The molecule has 0 spiro atoms. The number of aromatic nitrogens is 1. The minimum absolute atomic E-state index is 0.364. The Morgan fingerprint density at radius 2 is 2.05 bits per heavy atom. The summed E-state index contributed by atoms with van der Waals surface area (Å²) in [5, 5.41) is 3.69. The Morgan fingerprint density at radius 3 is 2.71 bits per heavy atom. The van der Waals surface area contributed by atoms with E-state index in [2.05, 4.69) is 75.6 Å². The highest BCUT2D eigenvalue weighted by Gasteiger charge is 2.44. The Bertz CT molecular complexity index is 568. The first-order chi connectivity index (χ1) is 10.3. The van der Waals surface area contributed by atoms with Crippen LogP contribution in [0, 0.1) is 5.92 Å². The zero-order chi connectivity index (χ0) is 14.7. The molecule has 1 aliphatic rings. The number of pyridine rings is 1. The van der Waals surface area contributed by atoms with Gasteiger partial charge in [-0.1, -0.05) is 37.3 Å². The van der Waals surface area contributed by atoms with Crippen LogP contribution in [0.5, 0.6) is 0 Å². The quantitative estimate of drug-likeness (QED) is 0.822. The summed E-state index contributed by atoms with van der Waals surface area (Å²) in [5.41, 5.74) is 2.62. The van der Waals surface area contributed by atoms with Crippen molar-refractivity contribution in [3.8, 4) is 0 Å². The van der Waals surface area contributed by atoms with Gasteiger partial charge in [-0.3, -0.25) is 4.98 Å². The monoisotopic (exact) mass is 344 g/mol. The van der Waals surface area contributed by atoms with Crippen LogP contribution >= 0.6 is 15.9 Å². The van der Waals surface area contributed by atoms with Crippen molar-refractivity contribution in [1.82, 2.24) is 10.3 Å². The second-order valence-electron chi connectivity index (χ2n) is 5.75. The molecule has 3 heteroatoms. The highest BCUT2D eigenvalue weighted by Crippen LogP contribution is 2.53. The molecular formula is C18H21BrN2. The molecule has 110 valence electrons. The molecule has 1 fully saturated rings. The van der Waals surface area contributed by atoms with Crippen molar-refractivity contribution < 1.29 is 0 Å². The van der Waals surface area contributed by atoms with E-state index in [0.717, 1.165) is 23.1 Å². The molecule has 1 saturated carbocycles. The standard InChI is InChI=1S/C18H21BrN2/c1-2-10-20-18(17-9-8-14(19)12-21-17)16-11-15(16)13-6-4-3-5-7-13/h3-9,12,15-16,18,20H,2,10-11H2,1H3. The van der Waals surface area contributed by atoms with E-state index in [4.69, 9.17) is 0 Å². The van der Waals surface area contributed by atoms with Crippen molar-refractivity contribution in [3.05, 3.63) is 64.4 Å². The summed E-state index contributed by atoms with van der Waals surface area (Å²) in [4.78, 5) is 4.61. The number of nitrogens with one attached hydrogen (secondary N) is 1. The molecule has 1 aromatic carbocycles. The first-order valence-electron chi connectivity index (χ1n) is 7.69. The number of hydrogen-bond donors (Lipinski definition) is 1. The summed E-state index contributed by atoms with van der Waals surface area (Å²) in [6.45, 7) is 3.25. The minimum Gasteiger partial charge on any atom is -0.308 e. The average Bonchev–Trinajstić information content (AvgIpc) is 3.31. The van der Waals surface area contributed by atoms with E-state index >= 15 is 0 Å². The van der Waals surface area contributed by atoms with Gasteiger partial charge < -0.3 is 5.32 Å². The second kappa shape index (κ2) is 6.71. The third kappa shape index (κ3) is 3.53. The molecule has 3 unspecified atom stereocenters. The highest BCUT2D eigenvalue weighted by atomic mass is 79.9. The van der Waals surface area contributed by atoms with Gasteiger partial charge in [0.25, 0.3) is 0 Å². The van der Waals surface area contributed by atoms with Crippen molar-refractivity contribution in [2.24, 2.45) is 5.92 Å². The van der Waals surface area contributed by atoms with E-state index in [1.807, 2.05) is 6.20 Å². The molecule has 3 atom stereocenters. The lowest BCUT2D eigenvalue weighted by molar-refractivity contribution is 0.463. The SMILES string of the molecule is CCCNC(c1ccc(Br)cn1)C1CC1c1ccccc1. The van der Waals surface area contributed by atoms with E-state index < -0.39 is 0 Å². The maximum atomic E-state index is 4.61. The van der Waals surface area contributed by atoms with Gasteiger partial charge in [-0.25, -0.2) is 0 Å². The van der Waals surface area contributed by atoms with Crippen LogP contribution in [0.25, 0.3) is 0 Å². The maximum absolute atomic E-state index is 4.61. The smallest absolute Gasteiger partial charge is 0.0577 e. The first kappa shape index (κ1) is 14.7. The molecule has 1 aliphatic carbocycles. The lowest BCUT2D eigenvalue weighted by Gasteiger charge is -2.18. The van der Waals surface area contributed by atoms with Gasteiger partial charge in [-0.05, 0) is 64.8 Å². The predicted molar refractivity (Wildman–Crippen MR) is 90.3 cm³/mol. The van der Waals surface area contributed by atoms with Crippen LogP contribution in [0.1, 0.15) is 43.0 Å². The molecule has 0 radical (unpaired) electrons. The fourth-order valence-electron chi connectivity index (χ4n) is 3.01. The fourth-order valence-corrected chi connectivity index (χ4v) is 3.25. The number of benzene rings is 1. The van der Waals surface area contributed by atoms with Gasteiger partial charge in [0.2, 0.25) is 0 Å². The van der Waals surface area contributed by atoms with Crippen LogP contribution < -0.4 is 5.32 Å². The van der Waals surface area contributed by atoms with Crippen LogP contribution in [0.3, 0.4) is 0 Å². The predicted octanol–water partition coefficient (Wildman–Crippen LogP) is 4.69. The van der Waals surface area contributed by atoms with Crippen molar-refractivity contribution in [3.63, 3.8) is 0 Å². The average molecular weight is 345 g/mol. The molecule has 0 aliphatic heterocycles. The second-order valence-corrected chi connectivity index (χ2v) is 6.67. The number of hydrogen-bond acceptors (Lipinski definition) is 2. The molecule has 2 aromatic rings. The summed E-state index contributed by atoms with van der Waals surface area (Å²) in [7, 11) is 0. The normalized spacial score (nSPS) is 22.0. The topological polar surface area (TPSA) is 24.9 Å². The molecule has 0 bridgehead atoms. The molecule has 1 aromatic heterocycles. The van der Waals surface area contributed by atoms with Crippen molar-refractivity contribution >= 4 is 15.9 Å². The molecule has 21 heavy (non-hydrogen) atoms.